The number of aryl methyl sites for hydroxylation is 2. The zero-order chi connectivity index (χ0) is 30.2. The number of aliphatic hydroxyl groups excluding tert-OH is 8. The van der Waals surface area contributed by atoms with E-state index in [1.165, 1.54) is 12.1 Å². The van der Waals surface area contributed by atoms with Gasteiger partial charge in [0.25, 0.3) is 0 Å². The summed E-state index contributed by atoms with van der Waals surface area (Å²) in [6.45, 7) is 2.11. The number of phenols is 2. The Labute approximate surface area is 234 Å². The van der Waals surface area contributed by atoms with E-state index in [9.17, 15) is 51.1 Å². The molecule has 2 aliphatic heterocycles. The van der Waals surface area contributed by atoms with Crippen molar-refractivity contribution >= 4 is 0 Å². The molecule has 0 bridgehead atoms. The van der Waals surface area contributed by atoms with E-state index in [1.54, 1.807) is 26.0 Å². The summed E-state index contributed by atoms with van der Waals surface area (Å²) in [6, 6.07) is 5.60. The number of aromatic hydroxyl groups is 2. The minimum atomic E-state index is -1.63. The second-order valence-electron chi connectivity index (χ2n) is 10.3. The first kappa shape index (κ1) is 31.2. The predicted octanol–water partition coefficient (Wildman–Crippen LogP) is -2.34. The highest BCUT2D eigenvalue weighted by molar-refractivity contribution is 5.52. The van der Waals surface area contributed by atoms with Crippen molar-refractivity contribution in [2.24, 2.45) is 0 Å². The molecular formula is C27H36O14. The molecule has 0 spiro atoms. The molecule has 4 rings (SSSR count). The molecule has 14 nitrogen and oxygen atoms in total. The minimum absolute atomic E-state index is 0.0794. The Morgan fingerprint density at radius 2 is 0.951 bits per heavy atom. The van der Waals surface area contributed by atoms with Gasteiger partial charge in [0.05, 0.1) is 13.2 Å². The van der Waals surface area contributed by atoms with Crippen molar-refractivity contribution in [2.75, 3.05) is 13.2 Å². The summed E-state index contributed by atoms with van der Waals surface area (Å²) in [4.78, 5) is 0. The van der Waals surface area contributed by atoms with Crippen LogP contribution in [-0.4, -0.2) is 126 Å². The summed E-state index contributed by atoms with van der Waals surface area (Å²) >= 11 is 0. The summed E-state index contributed by atoms with van der Waals surface area (Å²) in [5.41, 5.74) is 1.97. The van der Waals surface area contributed by atoms with E-state index in [2.05, 4.69) is 0 Å². The van der Waals surface area contributed by atoms with Gasteiger partial charge >= 0.3 is 0 Å². The highest BCUT2D eigenvalue weighted by atomic mass is 16.7. The molecule has 0 aromatic heterocycles. The minimum Gasteiger partial charge on any atom is -0.508 e. The number of phenolic OH excluding ortho intramolecular Hbond substituents is 2. The van der Waals surface area contributed by atoms with E-state index >= 15 is 0 Å². The third-order valence-electron chi connectivity index (χ3n) is 7.40. The van der Waals surface area contributed by atoms with Crippen LogP contribution in [0.2, 0.25) is 0 Å². The van der Waals surface area contributed by atoms with Crippen molar-refractivity contribution in [3.8, 4) is 23.0 Å². The van der Waals surface area contributed by atoms with Gasteiger partial charge in [-0.3, -0.25) is 0 Å². The third kappa shape index (κ3) is 6.36. The highest BCUT2D eigenvalue weighted by Crippen LogP contribution is 2.36. The summed E-state index contributed by atoms with van der Waals surface area (Å²) in [5.74, 6) is -0.246. The van der Waals surface area contributed by atoms with Crippen molar-refractivity contribution in [2.45, 2.75) is 81.7 Å². The molecule has 0 unspecified atom stereocenters. The van der Waals surface area contributed by atoms with Crippen molar-refractivity contribution in [1.29, 1.82) is 0 Å². The maximum absolute atomic E-state index is 10.8. The number of hydrogen-bond acceptors (Lipinski definition) is 14. The van der Waals surface area contributed by atoms with Crippen LogP contribution < -0.4 is 9.47 Å². The number of aliphatic hydroxyl groups is 8. The third-order valence-corrected chi connectivity index (χ3v) is 7.40. The predicted molar refractivity (Wildman–Crippen MR) is 137 cm³/mol. The van der Waals surface area contributed by atoms with E-state index in [0.29, 0.717) is 22.3 Å². The van der Waals surface area contributed by atoms with Crippen LogP contribution in [0.15, 0.2) is 24.3 Å². The first-order chi connectivity index (χ1) is 19.4. The molecule has 0 amide bonds. The Kier molecular flexibility index (Phi) is 9.60. The molecule has 2 fully saturated rings. The van der Waals surface area contributed by atoms with Crippen LogP contribution in [0, 0.1) is 13.8 Å². The van der Waals surface area contributed by atoms with Crippen LogP contribution >= 0.6 is 0 Å². The van der Waals surface area contributed by atoms with Gasteiger partial charge in [0.1, 0.15) is 71.8 Å². The van der Waals surface area contributed by atoms with Crippen molar-refractivity contribution in [3.63, 3.8) is 0 Å². The SMILES string of the molecule is Cc1cc(O[C@@H]2O[C@H](CO)[C@@H](O)[C@H](O)[C@H]2O)cc(O)c1Cc1c(C)cc(O[C@@H]2O[C@H](CO)[C@@H](O)[C@H](O)[C@H]2O)cc1O. The standard InChI is InChI=1S/C27H36O14/c1-10-3-12(38-26-24(36)22(34)20(32)18(8-28)40-26)5-16(30)14(10)7-15-11(2)4-13(6-17(15)31)39-27-25(37)23(35)21(33)19(9-29)41-27/h3-6,18-37H,7-9H2,1-2H3/t18-,19-,20-,21-,22+,23+,24-,25-,26-,27-/m1/s1. The number of ether oxygens (including phenoxy) is 4. The highest BCUT2D eigenvalue weighted by Gasteiger charge is 2.46. The second kappa shape index (κ2) is 12.6. The lowest BCUT2D eigenvalue weighted by atomic mass is 9.95. The lowest BCUT2D eigenvalue weighted by Crippen LogP contribution is -2.60. The van der Waals surface area contributed by atoms with Crippen LogP contribution in [0.5, 0.6) is 23.0 Å². The number of rotatable bonds is 8. The second-order valence-corrected chi connectivity index (χ2v) is 10.3. The van der Waals surface area contributed by atoms with Crippen LogP contribution in [0.4, 0.5) is 0 Å². The average Bonchev–Trinajstić information content (AvgIpc) is 2.92. The topological polar surface area (TPSA) is 239 Å². The number of benzene rings is 2. The van der Waals surface area contributed by atoms with Crippen molar-refractivity contribution in [1.82, 2.24) is 0 Å². The van der Waals surface area contributed by atoms with Gasteiger partial charge in [-0.25, -0.2) is 0 Å². The van der Waals surface area contributed by atoms with Gasteiger partial charge < -0.3 is 70.0 Å². The van der Waals surface area contributed by atoms with Gasteiger partial charge in [-0.2, -0.15) is 0 Å². The van der Waals surface area contributed by atoms with Gasteiger partial charge in [-0.1, -0.05) is 0 Å². The van der Waals surface area contributed by atoms with Crippen LogP contribution in [0.25, 0.3) is 0 Å². The molecule has 228 valence electrons. The molecule has 2 aromatic carbocycles. The molecule has 0 radical (unpaired) electrons. The normalized spacial score (nSPS) is 33.9. The zero-order valence-corrected chi connectivity index (χ0v) is 22.3. The molecule has 14 heteroatoms. The molecule has 0 aliphatic carbocycles. The average molecular weight is 585 g/mol. The van der Waals surface area contributed by atoms with Gasteiger partial charge in [-0.15, -0.1) is 0 Å². The van der Waals surface area contributed by atoms with Gasteiger partial charge in [0.15, 0.2) is 0 Å². The fourth-order valence-corrected chi connectivity index (χ4v) is 4.90. The van der Waals surface area contributed by atoms with Gasteiger partial charge in [0.2, 0.25) is 12.6 Å². The molecule has 0 saturated carbocycles. The fourth-order valence-electron chi connectivity index (χ4n) is 4.90. The molecule has 2 heterocycles. The lowest BCUT2D eigenvalue weighted by molar-refractivity contribution is -0.277. The molecule has 10 N–H and O–H groups in total. The first-order valence-corrected chi connectivity index (χ1v) is 13.0. The van der Waals surface area contributed by atoms with E-state index < -0.39 is 74.6 Å². The first-order valence-electron chi connectivity index (χ1n) is 13.0. The molecular weight excluding hydrogens is 548 g/mol. The Hall–Kier alpha value is -2.76. The summed E-state index contributed by atoms with van der Waals surface area (Å²) < 4.78 is 21.9. The monoisotopic (exact) mass is 584 g/mol. The van der Waals surface area contributed by atoms with Crippen LogP contribution in [0.3, 0.4) is 0 Å². The Balaban J connectivity index is 1.49. The lowest BCUT2D eigenvalue weighted by Gasteiger charge is -2.39. The quantitative estimate of drug-likeness (QED) is 0.157. The van der Waals surface area contributed by atoms with Gasteiger partial charge in [-0.05, 0) is 37.1 Å². The Bertz CT molecular complexity index is 1070. The Morgan fingerprint density at radius 1 is 0.585 bits per heavy atom. The maximum atomic E-state index is 10.8. The summed E-state index contributed by atoms with van der Waals surface area (Å²) in [5, 5.41) is 101. The molecule has 2 saturated heterocycles. The Morgan fingerprint density at radius 3 is 1.27 bits per heavy atom. The van der Waals surface area contributed by atoms with Crippen molar-refractivity contribution in [3.05, 3.63) is 46.5 Å². The number of hydrogen-bond donors (Lipinski definition) is 10. The molecule has 2 aliphatic rings. The smallest absolute Gasteiger partial charge is 0.229 e. The van der Waals surface area contributed by atoms with E-state index in [0.717, 1.165) is 0 Å². The van der Waals surface area contributed by atoms with E-state index in [1.807, 2.05) is 0 Å². The van der Waals surface area contributed by atoms with Gasteiger partial charge in [0, 0.05) is 29.7 Å². The maximum Gasteiger partial charge on any atom is 0.229 e. The largest absolute Gasteiger partial charge is 0.508 e. The van der Waals surface area contributed by atoms with E-state index in [4.69, 9.17) is 18.9 Å². The summed E-state index contributed by atoms with van der Waals surface area (Å²) in [6.07, 6.45) is -14.7. The van der Waals surface area contributed by atoms with E-state index in [-0.39, 0.29) is 29.4 Å². The molecule has 41 heavy (non-hydrogen) atoms. The van der Waals surface area contributed by atoms with Crippen LogP contribution in [0.1, 0.15) is 22.3 Å². The fraction of sp³-hybridized carbons (Fsp3) is 0.556. The molecule has 2 aromatic rings. The molecule has 10 atom stereocenters. The van der Waals surface area contributed by atoms with Crippen molar-refractivity contribution < 1.29 is 70.0 Å². The summed E-state index contributed by atoms with van der Waals surface area (Å²) in [7, 11) is 0. The van der Waals surface area contributed by atoms with Crippen LogP contribution in [-0.2, 0) is 15.9 Å². The zero-order valence-electron chi connectivity index (χ0n) is 22.3.